The number of fused-ring (bicyclic) bond motifs is 1. The lowest BCUT2D eigenvalue weighted by Crippen LogP contribution is -2.60. The summed E-state index contributed by atoms with van der Waals surface area (Å²) in [6, 6.07) is -9.34. The summed E-state index contributed by atoms with van der Waals surface area (Å²) in [5, 5.41) is 4.97. The number of carbonyl (C=O) groups is 5. The molecule has 0 bridgehead atoms. The molecule has 1 saturated heterocycles. The maximum absolute atomic E-state index is 14.7. The van der Waals surface area contributed by atoms with E-state index in [2.05, 4.69) is 0 Å². The van der Waals surface area contributed by atoms with E-state index in [-0.39, 0.29) is 0 Å². The van der Waals surface area contributed by atoms with Gasteiger partial charge in [-0.15, -0.1) is 0 Å². The molecule has 3 fully saturated rings. The molecule has 38 heavy (non-hydrogen) atoms. The summed E-state index contributed by atoms with van der Waals surface area (Å²) in [6.07, 6.45) is -13.5. The van der Waals surface area contributed by atoms with E-state index in [9.17, 15) is 24.0 Å². The first-order valence-electron chi connectivity index (χ1n) is 24.0. The molecule has 214 valence electrons. The highest BCUT2D eigenvalue weighted by Crippen LogP contribution is 2.65. The molecule has 5 N–H and O–H groups in total. The van der Waals surface area contributed by atoms with E-state index in [0.29, 0.717) is 4.90 Å². The first-order chi connectivity index (χ1) is 27.4. The van der Waals surface area contributed by atoms with Crippen LogP contribution in [0.15, 0.2) is 0 Å². The summed E-state index contributed by atoms with van der Waals surface area (Å²) in [5.74, 6) is -11.6. The number of primary amides is 1. The average Bonchev–Trinajstić information content (AvgIpc) is 3.35. The molecule has 10 heteroatoms. The Balaban J connectivity index is 2.26. The van der Waals surface area contributed by atoms with E-state index in [4.69, 9.17) is 40.0 Å². The van der Waals surface area contributed by atoms with Crippen molar-refractivity contribution in [2.24, 2.45) is 34.3 Å². The first-order valence-corrected chi connectivity index (χ1v) is 11.5. The normalized spacial score (nSPS) is 42.4. The van der Waals surface area contributed by atoms with Gasteiger partial charge in [0.05, 0.1) is 6.04 Å². The number of rotatable bonds is 9. The van der Waals surface area contributed by atoms with Crippen molar-refractivity contribution >= 4 is 29.5 Å². The Morgan fingerprint density at radius 1 is 1.08 bits per heavy atom. The van der Waals surface area contributed by atoms with Crippen LogP contribution in [0, 0.1) is 28.6 Å². The summed E-state index contributed by atoms with van der Waals surface area (Å²) in [7, 11) is 0. The predicted molar refractivity (Wildman–Crippen MR) is 144 cm³/mol. The molecular formula is C28H47N5O5. The highest BCUT2D eigenvalue weighted by molar-refractivity contribution is 6.37. The topological polar surface area (TPSA) is 151 Å². The molecule has 0 aromatic rings. The smallest absolute Gasteiger partial charge is 0.315 e. The number of piperidine rings is 1. The monoisotopic (exact) mass is 559 g/mol. The van der Waals surface area contributed by atoms with Crippen molar-refractivity contribution in [2.45, 2.75) is 111 Å². The quantitative estimate of drug-likeness (QED) is 0.320. The fourth-order valence-corrected chi connectivity index (χ4v) is 4.98. The van der Waals surface area contributed by atoms with Gasteiger partial charge in [0.15, 0.2) is 0 Å². The van der Waals surface area contributed by atoms with Crippen LogP contribution >= 0.6 is 0 Å². The summed E-state index contributed by atoms with van der Waals surface area (Å²) in [4.78, 5) is 68.5. The molecule has 1 aliphatic heterocycles. The zero-order chi connectivity index (χ0) is 50.1. The van der Waals surface area contributed by atoms with Crippen molar-refractivity contribution < 1.29 is 58.2 Å². The minimum Gasteiger partial charge on any atom is -0.363 e. The van der Waals surface area contributed by atoms with E-state index < -0.39 is 161 Å². The zero-order valence-electron chi connectivity index (χ0n) is 45.6. The van der Waals surface area contributed by atoms with Crippen LogP contribution in [-0.2, 0) is 19.2 Å². The van der Waals surface area contributed by atoms with Gasteiger partial charge in [0, 0.05) is 46.4 Å². The number of nitrogens with two attached hydrogens (primary N) is 1. The molecule has 10 nitrogen and oxygen atoms in total. The van der Waals surface area contributed by atoms with Gasteiger partial charge in [-0.3, -0.25) is 19.2 Å². The number of hydrogen-bond donors (Lipinski definition) is 4. The van der Waals surface area contributed by atoms with Crippen LogP contribution in [0.3, 0.4) is 0 Å². The number of carbonyl (C=O) groups excluding carboxylic acids is 5. The lowest BCUT2D eigenvalue weighted by atomic mass is 9.80. The van der Waals surface area contributed by atoms with Crippen LogP contribution in [-0.4, -0.2) is 64.6 Å². The van der Waals surface area contributed by atoms with Gasteiger partial charge in [-0.25, -0.2) is 4.79 Å². The highest BCUT2D eigenvalue weighted by Gasteiger charge is 2.69. The Kier molecular flexibility index (Phi) is 2.96. The Labute approximate surface area is 261 Å². The second kappa shape index (κ2) is 10.5. The lowest BCUT2D eigenvalue weighted by Gasteiger charge is -2.36. The maximum Gasteiger partial charge on any atom is 0.315 e. The van der Waals surface area contributed by atoms with Crippen LogP contribution in [0.5, 0.6) is 0 Å². The molecule has 5 amide bonds. The number of hydrogen-bond acceptors (Lipinski definition) is 5. The standard InChI is InChI=1S/C28H47N5O5/c1-26(2,3)13-18(31-25(38)32-27(4,5)6)24(37)33-14-16-19(28(16,7)8)20(33)23(36)30-17(21(34)22(29)35)12-15-10-9-11-15/h15-20H,9-14H2,1-8H3,(H2,29,35)(H,30,36)(H2,31,32,38)/t16-,17?,18-,19-,20-/m0/s1/i1D3,2D3,3D3,4D3,5D3,6D3,9D2,10D2,11D2,15D. The molecule has 1 heterocycles. The van der Waals surface area contributed by atoms with Crippen molar-refractivity contribution in [3.63, 3.8) is 0 Å². The predicted octanol–water partition coefficient (Wildman–Crippen LogP) is 2.10. The van der Waals surface area contributed by atoms with Crippen molar-refractivity contribution in [1.82, 2.24) is 20.9 Å². The van der Waals surface area contributed by atoms with Gasteiger partial charge >= 0.3 is 6.03 Å². The molecule has 5 atom stereocenters. The summed E-state index contributed by atoms with van der Waals surface area (Å²) >= 11 is 0. The van der Waals surface area contributed by atoms with Gasteiger partial charge in [0.2, 0.25) is 17.6 Å². The van der Waals surface area contributed by atoms with Crippen LogP contribution in [0.25, 0.3) is 0 Å². The third-order valence-corrected chi connectivity index (χ3v) is 6.89. The molecule has 3 aliphatic rings. The average molecular weight is 559 g/mol. The van der Waals surface area contributed by atoms with Crippen LogP contribution in [0.2, 0.25) is 0 Å². The van der Waals surface area contributed by atoms with Crippen molar-refractivity contribution in [3.05, 3.63) is 0 Å². The summed E-state index contributed by atoms with van der Waals surface area (Å²) in [5.41, 5.74) is -3.91. The van der Waals surface area contributed by atoms with Crippen molar-refractivity contribution in [3.8, 4) is 0 Å². The van der Waals surface area contributed by atoms with E-state index in [1.807, 2.05) is 5.32 Å². The van der Waals surface area contributed by atoms with Gasteiger partial charge in [0.25, 0.3) is 5.91 Å². The van der Waals surface area contributed by atoms with E-state index >= 15 is 0 Å². The molecular weight excluding hydrogens is 486 g/mol. The number of amides is 5. The minimum absolute atomic E-state index is 0.539. The SMILES string of the molecule is [2H]C([2H])([2H])C(C[C@H](NC(=O)NC(C([2H])([2H])[2H])(C([2H])([2H])[2H])C([2H])([2H])[2H])C(=O)N1C[C@H]2[C@@H]([C@H]1C(=O)NC(CC1([2H])C([2H])([2H])C([2H])([2H])C1([2H])[2H])C(=O)C(N)=O)C2(C)C)(C([2H])([2H])[2H])C([2H])([2H])[2H]. The zero-order valence-corrected chi connectivity index (χ0v) is 20.6. The van der Waals surface area contributed by atoms with Gasteiger partial charge in [0.1, 0.15) is 12.1 Å². The molecule has 3 rings (SSSR count). The first kappa shape index (κ1) is 10.7. The highest BCUT2D eigenvalue weighted by atomic mass is 16.2. The Morgan fingerprint density at radius 3 is 2.32 bits per heavy atom. The fourth-order valence-electron chi connectivity index (χ4n) is 4.98. The van der Waals surface area contributed by atoms with Crippen molar-refractivity contribution in [2.75, 3.05) is 6.54 Å². The molecule has 2 saturated carbocycles. The van der Waals surface area contributed by atoms with Crippen LogP contribution in [0.4, 0.5) is 4.79 Å². The Hall–Kier alpha value is -2.65. The third-order valence-electron chi connectivity index (χ3n) is 6.89. The maximum atomic E-state index is 14.7. The van der Waals surface area contributed by atoms with E-state index in [0.717, 1.165) is 0 Å². The molecule has 1 unspecified atom stereocenters. The van der Waals surface area contributed by atoms with Gasteiger partial charge in [-0.1, -0.05) is 53.5 Å². The molecule has 2 aliphatic carbocycles. The Morgan fingerprint density at radius 2 is 1.74 bits per heavy atom. The van der Waals surface area contributed by atoms with Gasteiger partial charge in [-0.2, -0.15) is 0 Å². The lowest BCUT2D eigenvalue weighted by molar-refractivity contribution is -0.144. The minimum atomic E-state index is -4.16. The fraction of sp³-hybridized carbons (Fsp3) is 0.821. The number of nitrogens with zero attached hydrogens (tertiary/aromatic N) is 1. The number of ketones is 1. The van der Waals surface area contributed by atoms with Crippen LogP contribution in [0.1, 0.15) is 121 Å². The largest absolute Gasteiger partial charge is 0.363 e. The molecule has 0 aromatic carbocycles. The Bertz CT molecular complexity index is 1770. The third kappa shape index (κ3) is 6.86. The van der Waals surface area contributed by atoms with Crippen molar-refractivity contribution in [1.29, 1.82) is 0 Å². The second-order valence-corrected chi connectivity index (χ2v) is 10.2. The van der Waals surface area contributed by atoms with Gasteiger partial charge < -0.3 is 26.6 Å². The van der Waals surface area contributed by atoms with Gasteiger partial charge in [-0.05, 0) is 62.0 Å². The molecule has 0 spiro atoms. The molecule has 0 aromatic heterocycles. The van der Waals surface area contributed by atoms with E-state index in [1.54, 1.807) is 19.2 Å². The number of nitrogens with one attached hydrogen (secondary N) is 3. The van der Waals surface area contributed by atoms with Crippen LogP contribution < -0.4 is 21.7 Å². The summed E-state index contributed by atoms with van der Waals surface area (Å²) < 4.78 is 200. The van der Waals surface area contributed by atoms with E-state index in [1.165, 1.54) is 5.32 Å². The second-order valence-electron chi connectivity index (χ2n) is 10.2. The summed E-state index contributed by atoms with van der Waals surface area (Å²) in [6.45, 7) is -22.1. The number of Topliss-reactive ketones (excluding diaryl/α,β-unsaturated/α-hetero) is 1. The number of likely N-dealkylation sites (tertiary alicyclic amines) is 1. The number of urea groups is 1. The molecule has 0 radical (unpaired) electrons.